The van der Waals surface area contributed by atoms with E-state index in [1.165, 1.54) is 0 Å². The standard InChI is InChI=1S/C11H13ClN4O/c1-8-3-4-9(10(12)7-8)11(17)14-5-2-6-15-16-13/h3-4,7H,2,5-6H2,1H3,(H,14,17). The number of aryl methyl sites for hydroxylation is 1. The van der Waals surface area contributed by atoms with Gasteiger partial charge in [-0.1, -0.05) is 22.8 Å². The molecule has 0 heterocycles. The Labute approximate surface area is 104 Å². The van der Waals surface area contributed by atoms with Gasteiger partial charge >= 0.3 is 0 Å². The van der Waals surface area contributed by atoms with E-state index in [9.17, 15) is 4.79 Å². The predicted octanol–water partition coefficient (Wildman–Crippen LogP) is 3.08. The smallest absolute Gasteiger partial charge is 0.252 e. The highest BCUT2D eigenvalue weighted by atomic mass is 35.5. The second-order valence-electron chi connectivity index (χ2n) is 3.55. The quantitative estimate of drug-likeness (QED) is 0.372. The Hall–Kier alpha value is -1.71. The van der Waals surface area contributed by atoms with Gasteiger partial charge in [0.1, 0.15) is 0 Å². The van der Waals surface area contributed by atoms with Crippen LogP contribution in [0, 0.1) is 6.92 Å². The molecule has 0 radical (unpaired) electrons. The van der Waals surface area contributed by atoms with Crippen molar-refractivity contribution in [2.45, 2.75) is 13.3 Å². The number of hydrogen-bond donors (Lipinski definition) is 1. The first-order chi connectivity index (χ1) is 8.15. The zero-order valence-electron chi connectivity index (χ0n) is 9.48. The number of rotatable bonds is 5. The SMILES string of the molecule is Cc1ccc(C(=O)NCCCN=[N+]=[N-])c(Cl)c1. The molecule has 0 fully saturated rings. The van der Waals surface area contributed by atoms with Crippen molar-refractivity contribution >= 4 is 17.5 Å². The highest BCUT2D eigenvalue weighted by Crippen LogP contribution is 2.17. The van der Waals surface area contributed by atoms with Gasteiger partial charge in [-0.05, 0) is 36.6 Å². The normalized spacial score (nSPS) is 9.53. The molecule has 5 nitrogen and oxygen atoms in total. The van der Waals surface area contributed by atoms with Crippen molar-refractivity contribution in [1.29, 1.82) is 0 Å². The molecule has 1 aromatic rings. The summed E-state index contributed by atoms with van der Waals surface area (Å²) < 4.78 is 0. The van der Waals surface area contributed by atoms with Crippen LogP contribution < -0.4 is 5.32 Å². The van der Waals surface area contributed by atoms with Gasteiger partial charge in [-0.25, -0.2) is 0 Å². The van der Waals surface area contributed by atoms with Crippen LogP contribution in [0.2, 0.25) is 5.02 Å². The third-order valence-corrected chi connectivity index (χ3v) is 2.47. The molecular weight excluding hydrogens is 240 g/mol. The van der Waals surface area contributed by atoms with Crippen molar-refractivity contribution in [3.8, 4) is 0 Å². The van der Waals surface area contributed by atoms with E-state index >= 15 is 0 Å². The average molecular weight is 253 g/mol. The molecule has 0 saturated heterocycles. The zero-order valence-corrected chi connectivity index (χ0v) is 10.2. The minimum atomic E-state index is -0.212. The molecule has 0 aliphatic heterocycles. The maximum absolute atomic E-state index is 11.7. The third kappa shape index (κ3) is 4.34. The highest BCUT2D eigenvalue weighted by molar-refractivity contribution is 6.33. The Morgan fingerprint density at radius 1 is 1.59 bits per heavy atom. The number of benzene rings is 1. The first kappa shape index (κ1) is 13.4. The van der Waals surface area contributed by atoms with Crippen LogP contribution in [0.15, 0.2) is 23.3 Å². The van der Waals surface area contributed by atoms with Crippen molar-refractivity contribution < 1.29 is 4.79 Å². The Morgan fingerprint density at radius 2 is 2.35 bits per heavy atom. The number of amides is 1. The molecule has 17 heavy (non-hydrogen) atoms. The minimum absolute atomic E-state index is 0.212. The van der Waals surface area contributed by atoms with Crippen molar-refractivity contribution in [3.63, 3.8) is 0 Å². The maximum atomic E-state index is 11.7. The lowest BCUT2D eigenvalue weighted by atomic mass is 10.1. The fourth-order valence-corrected chi connectivity index (χ4v) is 1.62. The van der Waals surface area contributed by atoms with Gasteiger partial charge in [0.25, 0.3) is 5.91 Å². The summed E-state index contributed by atoms with van der Waals surface area (Å²) in [4.78, 5) is 14.3. The average Bonchev–Trinajstić information content (AvgIpc) is 2.28. The van der Waals surface area contributed by atoms with Crippen molar-refractivity contribution in [1.82, 2.24) is 5.32 Å². The second kappa shape index (κ2) is 6.78. The molecule has 1 amide bonds. The topological polar surface area (TPSA) is 77.9 Å². The van der Waals surface area contributed by atoms with E-state index in [-0.39, 0.29) is 5.91 Å². The van der Waals surface area contributed by atoms with Gasteiger partial charge in [0.05, 0.1) is 10.6 Å². The molecule has 1 rings (SSSR count). The van der Waals surface area contributed by atoms with Crippen LogP contribution in [0.4, 0.5) is 0 Å². The van der Waals surface area contributed by atoms with Crippen LogP contribution in [0.1, 0.15) is 22.3 Å². The molecule has 0 aromatic heterocycles. The summed E-state index contributed by atoms with van der Waals surface area (Å²) in [5.74, 6) is -0.212. The van der Waals surface area contributed by atoms with Gasteiger partial charge in [0.2, 0.25) is 0 Å². The van der Waals surface area contributed by atoms with E-state index in [1.54, 1.807) is 12.1 Å². The maximum Gasteiger partial charge on any atom is 0.252 e. The number of nitrogens with zero attached hydrogens (tertiary/aromatic N) is 3. The summed E-state index contributed by atoms with van der Waals surface area (Å²) in [5, 5.41) is 6.53. The summed E-state index contributed by atoms with van der Waals surface area (Å²) in [6, 6.07) is 5.28. The lowest BCUT2D eigenvalue weighted by Gasteiger charge is -2.06. The highest BCUT2D eigenvalue weighted by Gasteiger charge is 2.08. The largest absolute Gasteiger partial charge is 0.352 e. The van der Waals surface area contributed by atoms with Crippen LogP contribution in [0.3, 0.4) is 0 Å². The van der Waals surface area contributed by atoms with E-state index in [4.69, 9.17) is 17.1 Å². The number of carbonyl (C=O) groups excluding carboxylic acids is 1. The lowest BCUT2D eigenvalue weighted by molar-refractivity contribution is 0.0953. The summed E-state index contributed by atoms with van der Waals surface area (Å²) in [5.41, 5.74) is 9.54. The summed E-state index contributed by atoms with van der Waals surface area (Å²) in [6.45, 7) is 2.74. The second-order valence-corrected chi connectivity index (χ2v) is 3.95. The Morgan fingerprint density at radius 3 is 3.00 bits per heavy atom. The molecule has 0 saturated carbocycles. The molecule has 0 unspecified atom stereocenters. The Balaban J connectivity index is 2.49. The number of halogens is 1. The van der Waals surface area contributed by atoms with E-state index in [0.717, 1.165) is 5.56 Å². The third-order valence-electron chi connectivity index (χ3n) is 2.15. The van der Waals surface area contributed by atoms with Gasteiger partial charge in [-0.15, -0.1) is 0 Å². The number of hydrogen-bond acceptors (Lipinski definition) is 2. The van der Waals surface area contributed by atoms with Crippen LogP contribution in [0.5, 0.6) is 0 Å². The zero-order chi connectivity index (χ0) is 12.7. The molecule has 0 aliphatic carbocycles. The molecule has 1 N–H and O–H groups in total. The summed E-state index contributed by atoms with van der Waals surface area (Å²) in [6.07, 6.45) is 0.610. The number of nitrogens with one attached hydrogen (secondary N) is 1. The fraction of sp³-hybridized carbons (Fsp3) is 0.364. The molecule has 1 aromatic carbocycles. The molecule has 0 spiro atoms. The monoisotopic (exact) mass is 252 g/mol. The van der Waals surface area contributed by atoms with Gasteiger partial charge in [0, 0.05) is 18.0 Å². The molecule has 90 valence electrons. The predicted molar refractivity (Wildman–Crippen MR) is 67.2 cm³/mol. The minimum Gasteiger partial charge on any atom is -0.352 e. The Kier molecular flexibility index (Phi) is 5.33. The van der Waals surface area contributed by atoms with E-state index in [0.29, 0.717) is 30.1 Å². The molecular formula is C11H13ClN4O. The van der Waals surface area contributed by atoms with Crippen LogP contribution in [0.25, 0.3) is 10.4 Å². The molecule has 0 bridgehead atoms. The van der Waals surface area contributed by atoms with Crippen molar-refractivity contribution in [3.05, 3.63) is 44.8 Å². The lowest BCUT2D eigenvalue weighted by Crippen LogP contribution is -2.25. The Bertz CT molecular complexity index is 455. The first-order valence-corrected chi connectivity index (χ1v) is 5.58. The molecule has 0 aliphatic rings. The van der Waals surface area contributed by atoms with Crippen molar-refractivity contribution in [2.24, 2.45) is 5.11 Å². The van der Waals surface area contributed by atoms with Gasteiger partial charge < -0.3 is 5.32 Å². The van der Waals surface area contributed by atoms with E-state index in [2.05, 4.69) is 15.3 Å². The van der Waals surface area contributed by atoms with Crippen LogP contribution >= 0.6 is 11.6 Å². The first-order valence-electron chi connectivity index (χ1n) is 5.20. The van der Waals surface area contributed by atoms with E-state index in [1.807, 2.05) is 13.0 Å². The van der Waals surface area contributed by atoms with Crippen LogP contribution in [-0.2, 0) is 0 Å². The van der Waals surface area contributed by atoms with Crippen LogP contribution in [-0.4, -0.2) is 19.0 Å². The van der Waals surface area contributed by atoms with Gasteiger partial charge in [-0.3, -0.25) is 4.79 Å². The number of azide groups is 1. The van der Waals surface area contributed by atoms with Gasteiger partial charge in [-0.2, -0.15) is 0 Å². The summed E-state index contributed by atoms with van der Waals surface area (Å²) >= 11 is 5.96. The molecule has 0 atom stereocenters. The fourth-order valence-electron chi connectivity index (χ4n) is 1.30. The van der Waals surface area contributed by atoms with Crippen molar-refractivity contribution in [2.75, 3.05) is 13.1 Å². The number of carbonyl (C=O) groups is 1. The molecule has 6 heteroatoms. The van der Waals surface area contributed by atoms with E-state index < -0.39 is 0 Å². The summed E-state index contributed by atoms with van der Waals surface area (Å²) in [7, 11) is 0. The van der Waals surface area contributed by atoms with Gasteiger partial charge in [0.15, 0.2) is 0 Å².